The SMILES string of the molecule is C#CC[N+](C)(C)CC=CC1=C(C)CCCC1(C)C.[Br-]. The Morgan fingerprint density at radius 2 is 2.00 bits per heavy atom. The number of likely N-dealkylation sites (N-methyl/N-ethyl adjacent to an activating group) is 1. The number of rotatable bonds is 4. The zero-order chi connectivity index (χ0) is 13.8. The van der Waals surface area contributed by atoms with Crippen molar-refractivity contribution in [3.63, 3.8) is 0 Å². The molecule has 1 aliphatic rings. The topological polar surface area (TPSA) is 0 Å². The van der Waals surface area contributed by atoms with Crippen molar-refractivity contribution in [1.29, 1.82) is 0 Å². The minimum Gasteiger partial charge on any atom is -1.00 e. The second-order valence-corrected chi connectivity index (χ2v) is 6.81. The molecule has 0 unspecified atom stereocenters. The number of quaternary nitrogens is 1. The molecule has 0 aromatic heterocycles. The number of allylic oxidation sites excluding steroid dienone is 3. The van der Waals surface area contributed by atoms with Crippen molar-refractivity contribution in [2.24, 2.45) is 5.41 Å². The van der Waals surface area contributed by atoms with Gasteiger partial charge in [-0.15, -0.1) is 6.42 Å². The molecule has 1 nitrogen and oxygen atoms in total. The second kappa shape index (κ2) is 7.31. The summed E-state index contributed by atoms with van der Waals surface area (Å²) in [7, 11) is 4.36. The number of hydrogen-bond donors (Lipinski definition) is 0. The molecule has 0 aromatic carbocycles. The lowest BCUT2D eigenvalue weighted by Gasteiger charge is -2.33. The molecule has 0 atom stereocenters. The summed E-state index contributed by atoms with van der Waals surface area (Å²) < 4.78 is 0.861. The summed E-state index contributed by atoms with van der Waals surface area (Å²) in [6.07, 6.45) is 13.9. The number of halogens is 1. The van der Waals surface area contributed by atoms with Crippen LogP contribution in [-0.4, -0.2) is 31.7 Å². The van der Waals surface area contributed by atoms with E-state index in [0.29, 0.717) is 5.41 Å². The summed E-state index contributed by atoms with van der Waals surface area (Å²) in [5, 5.41) is 0. The smallest absolute Gasteiger partial charge is 0.140 e. The maximum absolute atomic E-state index is 5.40. The highest BCUT2D eigenvalue weighted by Crippen LogP contribution is 2.40. The van der Waals surface area contributed by atoms with Gasteiger partial charge in [0.1, 0.15) is 6.54 Å². The van der Waals surface area contributed by atoms with E-state index in [-0.39, 0.29) is 17.0 Å². The van der Waals surface area contributed by atoms with E-state index >= 15 is 0 Å². The van der Waals surface area contributed by atoms with Gasteiger partial charge in [-0.05, 0) is 49.2 Å². The van der Waals surface area contributed by atoms with Crippen LogP contribution in [0, 0.1) is 17.8 Å². The van der Waals surface area contributed by atoms with E-state index in [1.807, 2.05) is 0 Å². The highest BCUT2D eigenvalue weighted by atomic mass is 79.9. The third kappa shape index (κ3) is 5.55. The first kappa shape index (κ1) is 18.5. The highest BCUT2D eigenvalue weighted by Gasteiger charge is 2.26. The Kier molecular flexibility index (Phi) is 7.11. The Labute approximate surface area is 130 Å². The van der Waals surface area contributed by atoms with Gasteiger partial charge < -0.3 is 21.5 Å². The Morgan fingerprint density at radius 3 is 2.53 bits per heavy atom. The van der Waals surface area contributed by atoms with Crippen LogP contribution in [-0.2, 0) is 0 Å². The van der Waals surface area contributed by atoms with E-state index in [4.69, 9.17) is 6.42 Å². The van der Waals surface area contributed by atoms with Crippen molar-refractivity contribution >= 4 is 0 Å². The van der Waals surface area contributed by atoms with Gasteiger partial charge in [-0.25, -0.2) is 0 Å². The minimum atomic E-state index is 0. The first-order valence-corrected chi connectivity index (χ1v) is 6.91. The van der Waals surface area contributed by atoms with E-state index in [0.717, 1.165) is 17.6 Å². The molecular formula is C17H28BrN. The molecule has 19 heavy (non-hydrogen) atoms. The summed E-state index contributed by atoms with van der Waals surface area (Å²) in [6, 6.07) is 0. The van der Waals surface area contributed by atoms with Gasteiger partial charge in [0.25, 0.3) is 0 Å². The lowest BCUT2D eigenvalue weighted by molar-refractivity contribution is -0.877. The average Bonchev–Trinajstić information content (AvgIpc) is 2.21. The van der Waals surface area contributed by atoms with Crippen molar-refractivity contribution in [2.45, 2.75) is 40.0 Å². The molecule has 0 bridgehead atoms. The van der Waals surface area contributed by atoms with Gasteiger partial charge in [-0.2, -0.15) is 0 Å². The van der Waals surface area contributed by atoms with Gasteiger partial charge in [0.05, 0.1) is 20.6 Å². The third-order valence-electron chi connectivity index (χ3n) is 3.95. The van der Waals surface area contributed by atoms with Gasteiger partial charge >= 0.3 is 0 Å². The molecule has 0 heterocycles. The predicted molar refractivity (Wildman–Crippen MR) is 80.1 cm³/mol. The number of terminal acetylenes is 1. The van der Waals surface area contributed by atoms with Gasteiger partial charge in [-0.1, -0.05) is 25.5 Å². The van der Waals surface area contributed by atoms with E-state index in [2.05, 4.69) is 52.9 Å². The summed E-state index contributed by atoms with van der Waals surface area (Å²) in [5.41, 5.74) is 3.43. The van der Waals surface area contributed by atoms with Crippen molar-refractivity contribution in [3.8, 4) is 12.3 Å². The quantitative estimate of drug-likeness (QED) is 0.529. The van der Waals surface area contributed by atoms with E-state index in [1.165, 1.54) is 24.8 Å². The zero-order valence-corrected chi connectivity index (χ0v) is 14.7. The molecule has 2 heteroatoms. The molecule has 0 amide bonds. The maximum atomic E-state index is 5.40. The maximum Gasteiger partial charge on any atom is 0.140 e. The predicted octanol–water partition coefficient (Wildman–Crippen LogP) is 0.783. The largest absolute Gasteiger partial charge is 1.00 e. The Bertz CT molecular complexity index is 394. The first-order chi connectivity index (χ1) is 8.28. The normalized spacial score (nSPS) is 19.2. The number of hydrogen-bond acceptors (Lipinski definition) is 0. The molecule has 108 valence electrons. The van der Waals surface area contributed by atoms with Crippen LogP contribution in [0.2, 0.25) is 0 Å². The van der Waals surface area contributed by atoms with Gasteiger partial charge in [-0.3, -0.25) is 0 Å². The molecule has 0 saturated carbocycles. The van der Waals surface area contributed by atoms with Crippen LogP contribution in [0.15, 0.2) is 23.3 Å². The van der Waals surface area contributed by atoms with Crippen LogP contribution in [0.25, 0.3) is 0 Å². The fraction of sp³-hybridized carbons (Fsp3) is 0.647. The van der Waals surface area contributed by atoms with E-state index in [1.54, 1.807) is 5.57 Å². The molecular weight excluding hydrogens is 298 g/mol. The molecule has 0 saturated heterocycles. The standard InChI is InChI=1S/C17H28N.BrH/c1-7-13-18(5,6)14-9-11-16-15(2)10-8-12-17(16,3)4;/h1,9,11H,8,10,12-14H2,2-6H3;1H/q+1;/p-1. The lowest BCUT2D eigenvalue weighted by atomic mass is 9.72. The Balaban J connectivity index is 0.00000324. The van der Waals surface area contributed by atoms with Crippen LogP contribution >= 0.6 is 0 Å². The fourth-order valence-electron chi connectivity index (χ4n) is 2.78. The van der Waals surface area contributed by atoms with Crippen molar-refractivity contribution in [2.75, 3.05) is 27.2 Å². The van der Waals surface area contributed by atoms with Crippen LogP contribution in [0.3, 0.4) is 0 Å². The van der Waals surface area contributed by atoms with Crippen molar-refractivity contribution in [3.05, 3.63) is 23.3 Å². The molecule has 0 radical (unpaired) electrons. The van der Waals surface area contributed by atoms with Crippen molar-refractivity contribution < 1.29 is 21.5 Å². The van der Waals surface area contributed by atoms with Crippen molar-refractivity contribution in [1.82, 2.24) is 0 Å². The van der Waals surface area contributed by atoms with E-state index < -0.39 is 0 Å². The Hall–Kier alpha value is -0.520. The summed E-state index contributed by atoms with van der Waals surface area (Å²) in [5.74, 6) is 2.75. The molecule has 0 aliphatic heterocycles. The summed E-state index contributed by atoms with van der Waals surface area (Å²) in [6.45, 7) is 8.78. The first-order valence-electron chi connectivity index (χ1n) is 6.91. The molecule has 0 fully saturated rings. The molecule has 0 N–H and O–H groups in total. The van der Waals surface area contributed by atoms with Crippen LogP contribution in [0.4, 0.5) is 0 Å². The molecule has 0 aromatic rings. The lowest BCUT2D eigenvalue weighted by Crippen LogP contribution is -3.00. The number of nitrogens with zero attached hydrogens (tertiary/aromatic N) is 1. The molecule has 1 aliphatic carbocycles. The van der Waals surface area contributed by atoms with Crippen LogP contribution in [0.5, 0.6) is 0 Å². The van der Waals surface area contributed by atoms with Crippen LogP contribution in [0.1, 0.15) is 40.0 Å². The second-order valence-electron chi connectivity index (χ2n) is 6.81. The summed E-state index contributed by atoms with van der Waals surface area (Å²) in [4.78, 5) is 0. The van der Waals surface area contributed by atoms with Gasteiger partial charge in [0, 0.05) is 0 Å². The van der Waals surface area contributed by atoms with Gasteiger partial charge in [0.2, 0.25) is 0 Å². The minimum absolute atomic E-state index is 0. The Morgan fingerprint density at radius 1 is 1.37 bits per heavy atom. The molecule has 1 rings (SSSR count). The molecule has 0 spiro atoms. The summed E-state index contributed by atoms with van der Waals surface area (Å²) >= 11 is 0. The fourth-order valence-corrected chi connectivity index (χ4v) is 2.78. The average molecular weight is 326 g/mol. The van der Waals surface area contributed by atoms with Gasteiger partial charge in [0.15, 0.2) is 0 Å². The van der Waals surface area contributed by atoms with E-state index in [9.17, 15) is 0 Å². The highest BCUT2D eigenvalue weighted by molar-refractivity contribution is 5.32. The monoisotopic (exact) mass is 325 g/mol. The third-order valence-corrected chi connectivity index (χ3v) is 3.95. The van der Waals surface area contributed by atoms with Crippen LogP contribution < -0.4 is 17.0 Å². The zero-order valence-electron chi connectivity index (χ0n) is 13.1.